The van der Waals surface area contributed by atoms with Crippen LogP contribution in [-0.2, 0) is 11.3 Å². The number of aryl methyl sites for hydroxylation is 1. The highest BCUT2D eigenvalue weighted by molar-refractivity contribution is 5.94. The van der Waals surface area contributed by atoms with E-state index in [-0.39, 0.29) is 12.0 Å². The summed E-state index contributed by atoms with van der Waals surface area (Å²) >= 11 is 0. The molecule has 1 aliphatic rings. The molecule has 0 bridgehead atoms. The summed E-state index contributed by atoms with van der Waals surface area (Å²) in [6.07, 6.45) is 4.07. The Morgan fingerprint density at radius 2 is 2.19 bits per heavy atom. The van der Waals surface area contributed by atoms with Crippen LogP contribution >= 0.6 is 0 Å². The van der Waals surface area contributed by atoms with E-state index in [1.807, 2.05) is 65.9 Å². The van der Waals surface area contributed by atoms with Gasteiger partial charge >= 0.3 is 0 Å². The number of imidazole rings is 1. The van der Waals surface area contributed by atoms with E-state index < -0.39 is 0 Å². The van der Waals surface area contributed by atoms with Crippen LogP contribution in [0.15, 0.2) is 48.8 Å². The first-order chi connectivity index (χ1) is 13.1. The number of rotatable bonds is 4. The van der Waals surface area contributed by atoms with Crippen LogP contribution in [0.5, 0.6) is 5.75 Å². The Morgan fingerprint density at radius 1 is 1.30 bits per heavy atom. The second-order valence-corrected chi connectivity index (χ2v) is 6.95. The first-order valence-electron chi connectivity index (χ1n) is 9.16. The number of nitrogens with zero attached hydrogens (tertiary/aromatic N) is 3. The van der Waals surface area contributed by atoms with Gasteiger partial charge in [-0.3, -0.25) is 4.79 Å². The minimum absolute atomic E-state index is 0.0128. The predicted octanol–water partition coefficient (Wildman–Crippen LogP) is 3.08. The molecule has 0 radical (unpaired) electrons. The molecule has 140 valence electrons. The topological polar surface area (TPSA) is 56.1 Å². The minimum atomic E-state index is 0.0128. The van der Waals surface area contributed by atoms with E-state index in [9.17, 15) is 4.79 Å². The van der Waals surface area contributed by atoms with Crippen molar-refractivity contribution in [2.24, 2.45) is 0 Å². The summed E-state index contributed by atoms with van der Waals surface area (Å²) in [5.41, 5.74) is 3.55. The Kier molecular flexibility index (Phi) is 4.81. The van der Waals surface area contributed by atoms with Crippen LogP contribution in [-0.4, -0.2) is 46.0 Å². The van der Waals surface area contributed by atoms with Gasteiger partial charge in [0.15, 0.2) is 0 Å². The zero-order valence-electron chi connectivity index (χ0n) is 15.6. The molecule has 27 heavy (non-hydrogen) atoms. The van der Waals surface area contributed by atoms with Gasteiger partial charge in [0.2, 0.25) is 0 Å². The second kappa shape index (κ2) is 7.40. The van der Waals surface area contributed by atoms with Gasteiger partial charge in [0.1, 0.15) is 18.0 Å². The van der Waals surface area contributed by atoms with Gasteiger partial charge in [-0.1, -0.05) is 12.1 Å². The number of morpholine rings is 1. The molecule has 4 rings (SSSR count). The lowest BCUT2D eigenvalue weighted by molar-refractivity contribution is -0.0124. The zero-order valence-corrected chi connectivity index (χ0v) is 15.6. The van der Waals surface area contributed by atoms with Crippen LogP contribution in [0, 0.1) is 6.92 Å². The summed E-state index contributed by atoms with van der Waals surface area (Å²) in [5.74, 6) is 0.675. The molecule has 2 aromatic heterocycles. The van der Waals surface area contributed by atoms with E-state index in [2.05, 4.69) is 4.98 Å². The minimum Gasteiger partial charge on any atom is -0.487 e. The SMILES string of the molecule is Cc1ccc2nc(COc3cccc(C(=O)N4CCOC(C)C4)c3)cn2c1. The standard InChI is InChI=1S/C21H23N3O3/c1-15-6-7-20-22-18(13-24(20)11-15)14-27-19-5-3-4-17(10-19)21(25)23-8-9-26-16(2)12-23/h3-7,10-11,13,16H,8-9,12,14H2,1-2H3. The fourth-order valence-electron chi connectivity index (χ4n) is 3.29. The summed E-state index contributed by atoms with van der Waals surface area (Å²) in [6.45, 7) is 6.20. The van der Waals surface area contributed by atoms with E-state index in [1.54, 1.807) is 6.07 Å². The van der Waals surface area contributed by atoms with Crippen LogP contribution in [0.1, 0.15) is 28.5 Å². The first-order valence-corrected chi connectivity index (χ1v) is 9.16. The Morgan fingerprint density at radius 3 is 3.04 bits per heavy atom. The van der Waals surface area contributed by atoms with Gasteiger partial charge in [-0.05, 0) is 43.7 Å². The quantitative estimate of drug-likeness (QED) is 0.713. The third-order valence-electron chi connectivity index (χ3n) is 4.64. The number of hydrogen-bond donors (Lipinski definition) is 0. The number of ether oxygens (including phenoxy) is 2. The van der Waals surface area contributed by atoms with E-state index in [4.69, 9.17) is 9.47 Å². The normalized spacial score (nSPS) is 17.3. The number of carbonyl (C=O) groups excluding carboxylic acids is 1. The second-order valence-electron chi connectivity index (χ2n) is 6.95. The van der Waals surface area contributed by atoms with Crippen LogP contribution in [0.2, 0.25) is 0 Å². The molecule has 1 fully saturated rings. The number of benzene rings is 1. The molecule has 0 N–H and O–H groups in total. The van der Waals surface area contributed by atoms with Crippen LogP contribution in [0.4, 0.5) is 0 Å². The van der Waals surface area contributed by atoms with Crippen molar-refractivity contribution in [1.82, 2.24) is 14.3 Å². The molecule has 1 unspecified atom stereocenters. The molecule has 1 saturated heterocycles. The van der Waals surface area contributed by atoms with Gasteiger partial charge in [-0.15, -0.1) is 0 Å². The van der Waals surface area contributed by atoms with Crippen LogP contribution in [0.25, 0.3) is 5.65 Å². The number of amides is 1. The fourth-order valence-corrected chi connectivity index (χ4v) is 3.29. The maximum atomic E-state index is 12.7. The summed E-state index contributed by atoms with van der Waals surface area (Å²) in [5, 5.41) is 0. The van der Waals surface area contributed by atoms with Crippen LogP contribution in [0.3, 0.4) is 0 Å². The molecule has 0 aliphatic carbocycles. The van der Waals surface area contributed by atoms with Gasteiger partial charge < -0.3 is 18.8 Å². The highest BCUT2D eigenvalue weighted by atomic mass is 16.5. The maximum Gasteiger partial charge on any atom is 0.254 e. The van der Waals surface area contributed by atoms with Crippen molar-refractivity contribution < 1.29 is 14.3 Å². The molecule has 1 aliphatic heterocycles. The average Bonchev–Trinajstić information content (AvgIpc) is 3.08. The lowest BCUT2D eigenvalue weighted by Crippen LogP contribution is -2.44. The molecule has 0 saturated carbocycles. The molecule has 1 atom stereocenters. The molecule has 1 amide bonds. The van der Waals surface area contributed by atoms with Crippen molar-refractivity contribution in [3.63, 3.8) is 0 Å². The molecular weight excluding hydrogens is 342 g/mol. The number of hydrogen-bond acceptors (Lipinski definition) is 4. The van der Waals surface area contributed by atoms with E-state index in [1.165, 1.54) is 5.56 Å². The number of aromatic nitrogens is 2. The van der Waals surface area contributed by atoms with Gasteiger partial charge in [0.25, 0.3) is 5.91 Å². The van der Waals surface area contributed by atoms with Gasteiger partial charge in [0, 0.05) is 31.0 Å². The maximum absolute atomic E-state index is 12.7. The summed E-state index contributed by atoms with van der Waals surface area (Å²) in [4.78, 5) is 19.1. The predicted molar refractivity (Wildman–Crippen MR) is 102 cm³/mol. The van der Waals surface area contributed by atoms with Gasteiger partial charge in [-0.25, -0.2) is 4.98 Å². The Labute approximate surface area is 158 Å². The fraction of sp³-hybridized carbons (Fsp3) is 0.333. The van der Waals surface area contributed by atoms with Crippen LogP contribution < -0.4 is 4.74 Å². The Balaban J connectivity index is 1.44. The monoisotopic (exact) mass is 365 g/mol. The molecule has 1 aromatic carbocycles. The van der Waals surface area contributed by atoms with Crippen molar-refractivity contribution >= 4 is 11.6 Å². The van der Waals surface area contributed by atoms with Crippen molar-refractivity contribution in [2.45, 2.75) is 26.6 Å². The third-order valence-corrected chi connectivity index (χ3v) is 4.64. The largest absolute Gasteiger partial charge is 0.487 e. The van der Waals surface area contributed by atoms with Crippen molar-refractivity contribution in [3.05, 3.63) is 65.6 Å². The Bertz CT molecular complexity index is 966. The van der Waals surface area contributed by atoms with Gasteiger partial charge in [0.05, 0.1) is 18.4 Å². The van der Waals surface area contributed by atoms with E-state index in [0.717, 1.165) is 11.3 Å². The van der Waals surface area contributed by atoms with Crippen molar-refractivity contribution in [1.29, 1.82) is 0 Å². The molecule has 3 aromatic rings. The first kappa shape index (κ1) is 17.5. The van der Waals surface area contributed by atoms with Crippen molar-refractivity contribution in [2.75, 3.05) is 19.7 Å². The smallest absolute Gasteiger partial charge is 0.254 e. The van der Waals surface area contributed by atoms with Gasteiger partial charge in [-0.2, -0.15) is 0 Å². The Hall–Kier alpha value is -2.86. The summed E-state index contributed by atoms with van der Waals surface area (Å²) in [7, 11) is 0. The number of pyridine rings is 1. The zero-order chi connectivity index (χ0) is 18.8. The lowest BCUT2D eigenvalue weighted by Gasteiger charge is -2.31. The average molecular weight is 365 g/mol. The molecular formula is C21H23N3O3. The highest BCUT2D eigenvalue weighted by Gasteiger charge is 2.22. The summed E-state index contributed by atoms with van der Waals surface area (Å²) in [6, 6.07) is 11.3. The molecule has 6 nitrogen and oxygen atoms in total. The van der Waals surface area contributed by atoms with E-state index >= 15 is 0 Å². The molecule has 6 heteroatoms. The number of carbonyl (C=O) groups is 1. The van der Waals surface area contributed by atoms with Crippen molar-refractivity contribution in [3.8, 4) is 5.75 Å². The lowest BCUT2D eigenvalue weighted by atomic mass is 10.1. The molecule has 3 heterocycles. The summed E-state index contributed by atoms with van der Waals surface area (Å²) < 4.78 is 13.4. The van der Waals surface area contributed by atoms with E-state index in [0.29, 0.717) is 37.6 Å². The third kappa shape index (κ3) is 3.95. The number of fused-ring (bicyclic) bond motifs is 1. The highest BCUT2D eigenvalue weighted by Crippen LogP contribution is 2.18. The molecule has 0 spiro atoms.